The summed E-state index contributed by atoms with van der Waals surface area (Å²) in [5, 5.41) is 2.47. The van der Waals surface area contributed by atoms with Crippen LogP contribution in [0, 0.1) is 5.92 Å². The Morgan fingerprint density at radius 3 is 2.35 bits per heavy atom. The normalized spacial score (nSPS) is 30.1. The van der Waals surface area contributed by atoms with Gasteiger partial charge in [-0.1, -0.05) is 6.92 Å². The van der Waals surface area contributed by atoms with Crippen LogP contribution in [0.1, 0.15) is 39.0 Å². The second kappa shape index (κ2) is 5.46. The molecule has 1 aliphatic carbocycles. The van der Waals surface area contributed by atoms with Crippen molar-refractivity contribution in [3.63, 3.8) is 0 Å². The Morgan fingerprint density at radius 1 is 1.41 bits per heavy atom. The van der Waals surface area contributed by atoms with Crippen molar-refractivity contribution in [3.8, 4) is 0 Å². The smallest absolute Gasteiger partial charge is 0.349 e. The molecule has 2 nitrogen and oxygen atoms in total. The molecule has 0 aliphatic heterocycles. The first-order chi connectivity index (χ1) is 7.76. The number of carbonyl (C=O) groups excluding carboxylic acids is 1. The van der Waals surface area contributed by atoms with Crippen molar-refractivity contribution < 1.29 is 18.0 Å². The van der Waals surface area contributed by atoms with Gasteiger partial charge in [0.05, 0.1) is 5.54 Å². The highest BCUT2D eigenvalue weighted by atomic mass is 35.5. The molecule has 0 aromatic rings. The molecule has 1 aliphatic rings. The number of hydrogen-bond acceptors (Lipinski definition) is 1. The molecule has 6 heteroatoms. The standard InChI is InChI=1S/C11H17ClF3NO/c1-8-2-4-10(7-12,5-3-8)16-9(17)6-11(13,14)15/h8H,2-7H2,1H3,(H,16,17). The molecule has 0 aromatic carbocycles. The summed E-state index contributed by atoms with van der Waals surface area (Å²) in [6.45, 7) is 2.09. The van der Waals surface area contributed by atoms with Gasteiger partial charge >= 0.3 is 6.18 Å². The number of hydrogen-bond donors (Lipinski definition) is 1. The lowest BCUT2D eigenvalue weighted by atomic mass is 9.78. The van der Waals surface area contributed by atoms with Crippen LogP contribution < -0.4 is 5.32 Å². The van der Waals surface area contributed by atoms with Gasteiger partial charge < -0.3 is 5.32 Å². The van der Waals surface area contributed by atoms with E-state index < -0.39 is 24.0 Å². The fourth-order valence-corrected chi connectivity index (χ4v) is 2.46. The highest BCUT2D eigenvalue weighted by Gasteiger charge is 2.38. The highest BCUT2D eigenvalue weighted by Crippen LogP contribution is 2.33. The van der Waals surface area contributed by atoms with E-state index >= 15 is 0 Å². The molecule has 1 amide bonds. The lowest BCUT2D eigenvalue weighted by Gasteiger charge is -2.38. The first-order valence-electron chi connectivity index (χ1n) is 5.70. The number of carbonyl (C=O) groups is 1. The number of rotatable bonds is 3. The Labute approximate surface area is 104 Å². The molecule has 0 bridgehead atoms. The third-order valence-electron chi connectivity index (χ3n) is 3.25. The largest absolute Gasteiger partial charge is 0.397 e. The average molecular weight is 272 g/mol. The fourth-order valence-electron chi connectivity index (χ4n) is 2.13. The van der Waals surface area contributed by atoms with Crippen molar-refractivity contribution in [1.29, 1.82) is 0 Å². The second-order valence-electron chi connectivity index (χ2n) is 4.94. The predicted molar refractivity (Wildman–Crippen MR) is 59.9 cm³/mol. The van der Waals surface area contributed by atoms with E-state index in [1.807, 2.05) is 0 Å². The first kappa shape index (κ1) is 14.6. The summed E-state index contributed by atoms with van der Waals surface area (Å²) in [6.07, 6.45) is -2.80. The van der Waals surface area contributed by atoms with E-state index in [4.69, 9.17) is 11.6 Å². The number of nitrogens with one attached hydrogen (secondary N) is 1. The van der Waals surface area contributed by atoms with Gasteiger partial charge in [-0.3, -0.25) is 4.79 Å². The summed E-state index contributed by atoms with van der Waals surface area (Å²) < 4.78 is 36.2. The fraction of sp³-hybridized carbons (Fsp3) is 0.909. The molecule has 0 radical (unpaired) electrons. The van der Waals surface area contributed by atoms with Gasteiger partial charge in [-0.2, -0.15) is 13.2 Å². The van der Waals surface area contributed by atoms with E-state index in [2.05, 4.69) is 12.2 Å². The van der Waals surface area contributed by atoms with Gasteiger partial charge in [0.25, 0.3) is 0 Å². The van der Waals surface area contributed by atoms with E-state index in [1.165, 1.54) is 0 Å². The average Bonchev–Trinajstić information content (AvgIpc) is 2.19. The quantitative estimate of drug-likeness (QED) is 0.785. The van der Waals surface area contributed by atoms with Crippen LogP contribution >= 0.6 is 11.6 Å². The van der Waals surface area contributed by atoms with Crippen LogP contribution in [0.4, 0.5) is 13.2 Å². The van der Waals surface area contributed by atoms with E-state index in [9.17, 15) is 18.0 Å². The molecular weight excluding hydrogens is 255 g/mol. The summed E-state index contributed by atoms with van der Waals surface area (Å²) >= 11 is 5.80. The van der Waals surface area contributed by atoms with Crippen LogP contribution in [0.15, 0.2) is 0 Å². The van der Waals surface area contributed by atoms with Gasteiger partial charge in [0, 0.05) is 5.88 Å². The molecule has 0 unspecified atom stereocenters. The number of alkyl halides is 4. The summed E-state index contributed by atoms with van der Waals surface area (Å²) in [5.74, 6) is -0.262. The van der Waals surface area contributed by atoms with Crippen LogP contribution in [0.25, 0.3) is 0 Å². The van der Waals surface area contributed by atoms with Gasteiger partial charge in [-0.15, -0.1) is 11.6 Å². The van der Waals surface area contributed by atoms with E-state index in [-0.39, 0.29) is 5.88 Å². The lowest BCUT2D eigenvalue weighted by molar-refractivity contribution is -0.155. The van der Waals surface area contributed by atoms with Crippen LogP contribution in [0.3, 0.4) is 0 Å². The summed E-state index contributed by atoms with van der Waals surface area (Å²) in [5.41, 5.74) is -0.642. The third kappa shape index (κ3) is 4.74. The Balaban J connectivity index is 2.54. The van der Waals surface area contributed by atoms with Crippen LogP contribution in [-0.4, -0.2) is 23.5 Å². The maximum atomic E-state index is 12.1. The summed E-state index contributed by atoms with van der Waals surface area (Å²) in [4.78, 5) is 11.3. The number of halogens is 4. The Bertz CT molecular complexity index is 272. The molecule has 1 N–H and O–H groups in total. The third-order valence-corrected chi connectivity index (χ3v) is 3.76. The predicted octanol–water partition coefficient (Wildman–Crippen LogP) is 3.24. The summed E-state index contributed by atoms with van der Waals surface area (Å²) in [7, 11) is 0. The van der Waals surface area contributed by atoms with Crippen LogP contribution in [0.2, 0.25) is 0 Å². The van der Waals surface area contributed by atoms with Gasteiger partial charge in [0.15, 0.2) is 0 Å². The maximum Gasteiger partial charge on any atom is 0.397 e. The molecule has 0 atom stereocenters. The zero-order chi connectivity index (χ0) is 13.1. The molecule has 100 valence electrons. The molecule has 0 aromatic heterocycles. The molecule has 0 heterocycles. The van der Waals surface area contributed by atoms with E-state index in [0.29, 0.717) is 18.8 Å². The van der Waals surface area contributed by atoms with Crippen molar-refractivity contribution >= 4 is 17.5 Å². The van der Waals surface area contributed by atoms with Crippen LogP contribution in [0.5, 0.6) is 0 Å². The SMILES string of the molecule is CC1CCC(CCl)(NC(=O)CC(F)(F)F)CC1. The van der Waals surface area contributed by atoms with Gasteiger partial charge in [0.2, 0.25) is 5.91 Å². The maximum absolute atomic E-state index is 12.1. The molecule has 17 heavy (non-hydrogen) atoms. The Morgan fingerprint density at radius 2 is 1.94 bits per heavy atom. The Kier molecular flexibility index (Phi) is 4.69. The summed E-state index contributed by atoms with van der Waals surface area (Å²) in [6, 6.07) is 0. The molecule has 0 saturated heterocycles. The topological polar surface area (TPSA) is 29.1 Å². The van der Waals surface area contributed by atoms with E-state index in [1.54, 1.807) is 0 Å². The van der Waals surface area contributed by atoms with Crippen molar-refractivity contribution in [2.45, 2.75) is 50.7 Å². The molecule has 1 saturated carbocycles. The van der Waals surface area contributed by atoms with Crippen molar-refractivity contribution in [2.24, 2.45) is 5.92 Å². The van der Waals surface area contributed by atoms with E-state index in [0.717, 1.165) is 12.8 Å². The minimum absolute atomic E-state index is 0.170. The van der Waals surface area contributed by atoms with Crippen molar-refractivity contribution in [2.75, 3.05) is 5.88 Å². The van der Waals surface area contributed by atoms with Crippen LogP contribution in [-0.2, 0) is 4.79 Å². The molecular formula is C11H17ClF3NO. The van der Waals surface area contributed by atoms with Gasteiger partial charge in [-0.25, -0.2) is 0 Å². The second-order valence-corrected chi connectivity index (χ2v) is 5.20. The minimum atomic E-state index is -4.46. The Hall–Kier alpha value is -0.450. The molecule has 1 rings (SSSR count). The minimum Gasteiger partial charge on any atom is -0.349 e. The molecule has 0 spiro atoms. The van der Waals surface area contributed by atoms with Crippen molar-refractivity contribution in [3.05, 3.63) is 0 Å². The highest BCUT2D eigenvalue weighted by molar-refractivity contribution is 6.18. The van der Waals surface area contributed by atoms with Crippen molar-refractivity contribution in [1.82, 2.24) is 5.32 Å². The molecule has 1 fully saturated rings. The zero-order valence-corrected chi connectivity index (χ0v) is 10.5. The number of amides is 1. The monoisotopic (exact) mass is 271 g/mol. The first-order valence-corrected chi connectivity index (χ1v) is 6.23. The van der Waals surface area contributed by atoms with Gasteiger partial charge in [0.1, 0.15) is 6.42 Å². The zero-order valence-electron chi connectivity index (χ0n) is 9.74. The van der Waals surface area contributed by atoms with Gasteiger partial charge in [-0.05, 0) is 31.6 Å². The lowest BCUT2D eigenvalue weighted by Crippen LogP contribution is -2.52.